The Hall–Kier alpha value is -3.42. The SMILES string of the molecule is COC(=O)c1ccc(Nc2cccc(N3CCN(C(=O)OC(C)(C)C)CC3)c2)c(N)c1. The predicted octanol–water partition coefficient (Wildman–Crippen LogP) is 3.86. The number of piperazine rings is 1. The van der Waals surface area contributed by atoms with E-state index in [1.165, 1.54) is 7.11 Å². The monoisotopic (exact) mass is 426 g/mol. The van der Waals surface area contributed by atoms with E-state index in [1.54, 1.807) is 23.1 Å². The molecule has 1 heterocycles. The summed E-state index contributed by atoms with van der Waals surface area (Å²) in [5, 5.41) is 3.30. The highest BCUT2D eigenvalue weighted by molar-refractivity contribution is 5.92. The Morgan fingerprint density at radius 2 is 1.74 bits per heavy atom. The highest BCUT2D eigenvalue weighted by atomic mass is 16.6. The number of benzene rings is 2. The summed E-state index contributed by atoms with van der Waals surface area (Å²) >= 11 is 0. The Kier molecular flexibility index (Phi) is 6.58. The van der Waals surface area contributed by atoms with Crippen LogP contribution in [0.4, 0.5) is 27.5 Å². The van der Waals surface area contributed by atoms with Crippen LogP contribution >= 0.6 is 0 Å². The Labute approximate surface area is 182 Å². The van der Waals surface area contributed by atoms with E-state index < -0.39 is 11.6 Å². The summed E-state index contributed by atoms with van der Waals surface area (Å²) in [5.41, 5.74) is 9.11. The first-order chi connectivity index (χ1) is 14.7. The zero-order valence-corrected chi connectivity index (χ0v) is 18.5. The molecule has 0 unspecified atom stereocenters. The number of hydrogen-bond donors (Lipinski definition) is 2. The molecule has 1 saturated heterocycles. The molecular weight excluding hydrogens is 396 g/mol. The Morgan fingerprint density at radius 1 is 1.03 bits per heavy atom. The number of rotatable bonds is 4. The van der Waals surface area contributed by atoms with Crippen LogP contribution in [0.3, 0.4) is 0 Å². The van der Waals surface area contributed by atoms with Gasteiger partial charge in [0.2, 0.25) is 0 Å². The first kappa shape index (κ1) is 22.3. The van der Waals surface area contributed by atoms with Crippen molar-refractivity contribution in [3.05, 3.63) is 48.0 Å². The molecule has 0 aromatic heterocycles. The highest BCUT2D eigenvalue weighted by Gasteiger charge is 2.26. The van der Waals surface area contributed by atoms with Crippen molar-refractivity contribution in [2.75, 3.05) is 49.2 Å². The molecule has 3 N–H and O–H groups in total. The molecule has 0 atom stereocenters. The normalized spacial score (nSPS) is 14.2. The molecule has 0 aliphatic carbocycles. The van der Waals surface area contributed by atoms with Crippen LogP contribution in [0.15, 0.2) is 42.5 Å². The van der Waals surface area contributed by atoms with Crippen molar-refractivity contribution in [1.29, 1.82) is 0 Å². The summed E-state index contributed by atoms with van der Waals surface area (Å²) in [6.45, 7) is 8.26. The number of hydrogen-bond acceptors (Lipinski definition) is 7. The van der Waals surface area contributed by atoms with Crippen LogP contribution in [0.2, 0.25) is 0 Å². The van der Waals surface area contributed by atoms with Gasteiger partial charge in [-0.15, -0.1) is 0 Å². The fraction of sp³-hybridized carbons (Fsp3) is 0.391. The summed E-state index contributed by atoms with van der Waals surface area (Å²) in [5.74, 6) is -0.425. The number of anilines is 4. The molecule has 0 spiro atoms. The molecule has 166 valence electrons. The minimum Gasteiger partial charge on any atom is -0.465 e. The average molecular weight is 427 g/mol. The van der Waals surface area contributed by atoms with Gasteiger partial charge >= 0.3 is 12.1 Å². The Balaban J connectivity index is 1.64. The van der Waals surface area contributed by atoms with Crippen molar-refractivity contribution in [2.24, 2.45) is 0 Å². The number of nitrogens with one attached hydrogen (secondary N) is 1. The molecule has 1 fully saturated rings. The Bertz CT molecular complexity index is 947. The minimum absolute atomic E-state index is 0.270. The lowest BCUT2D eigenvalue weighted by Gasteiger charge is -2.36. The zero-order chi connectivity index (χ0) is 22.6. The van der Waals surface area contributed by atoms with Gasteiger partial charge in [0.15, 0.2) is 0 Å². The molecule has 0 bridgehead atoms. The summed E-state index contributed by atoms with van der Waals surface area (Å²) in [4.78, 5) is 27.9. The van der Waals surface area contributed by atoms with Gasteiger partial charge in [-0.3, -0.25) is 0 Å². The van der Waals surface area contributed by atoms with Crippen molar-refractivity contribution in [1.82, 2.24) is 4.90 Å². The van der Waals surface area contributed by atoms with E-state index in [4.69, 9.17) is 15.2 Å². The van der Waals surface area contributed by atoms with E-state index >= 15 is 0 Å². The number of esters is 1. The van der Waals surface area contributed by atoms with Gasteiger partial charge < -0.3 is 30.3 Å². The molecule has 31 heavy (non-hydrogen) atoms. The standard InChI is InChI=1S/C23H30N4O4/c1-23(2,3)31-22(29)27-12-10-26(11-13-27)18-7-5-6-17(15-18)25-20-9-8-16(14-19(20)24)21(28)30-4/h5-9,14-15,25H,10-13,24H2,1-4H3. The third kappa shape index (κ3) is 5.81. The van der Waals surface area contributed by atoms with Crippen LogP contribution in [-0.4, -0.2) is 55.9 Å². The maximum Gasteiger partial charge on any atom is 0.410 e. The van der Waals surface area contributed by atoms with Crippen LogP contribution in [0.5, 0.6) is 0 Å². The number of carbonyl (C=O) groups excluding carboxylic acids is 2. The molecule has 3 rings (SSSR count). The summed E-state index contributed by atoms with van der Waals surface area (Å²) in [6, 6.07) is 13.0. The van der Waals surface area contributed by atoms with Gasteiger partial charge in [-0.05, 0) is 57.2 Å². The van der Waals surface area contributed by atoms with Gasteiger partial charge in [0.1, 0.15) is 5.60 Å². The largest absolute Gasteiger partial charge is 0.465 e. The smallest absolute Gasteiger partial charge is 0.410 e. The van der Waals surface area contributed by atoms with Gasteiger partial charge in [0.05, 0.1) is 24.0 Å². The van der Waals surface area contributed by atoms with Crippen LogP contribution in [0.1, 0.15) is 31.1 Å². The van der Waals surface area contributed by atoms with Crippen molar-refractivity contribution in [2.45, 2.75) is 26.4 Å². The molecule has 0 radical (unpaired) electrons. The first-order valence-electron chi connectivity index (χ1n) is 10.2. The number of carbonyl (C=O) groups is 2. The van der Waals surface area contributed by atoms with Crippen LogP contribution < -0.4 is 16.0 Å². The van der Waals surface area contributed by atoms with E-state index in [9.17, 15) is 9.59 Å². The van der Waals surface area contributed by atoms with Crippen molar-refractivity contribution >= 4 is 34.8 Å². The molecule has 8 nitrogen and oxygen atoms in total. The van der Waals surface area contributed by atoms with Crippen molar-refractivity contribution in [3.8, 4) is 0 Å². The molecule has 0 saturated carbocycles. The molecule has 1 aliphatic heterocycles. The molecule has 1 amide bonds. The van der Waals surface area contributed by atoms with E-state index in [2.05, 4.69) is 10.2 Å². The minimum atomic E-state index is -0.495. The molecule has 2 aromatic carbocycles. The maximum absolute atomic E-state index is 12.3. The fourth-order valence-electron chi connectivity index (χ4n) is 3.33. The second-order valence-corrected chi connectivity index (χ2v) is 8.42. The lowest BCUT2D eigenvalue weighted by molar-refractivity contribution is 0.0240. The number of nitrogens with two attached hydrogens (primary N) is 1. The quantitative estimate of drug-likeness (QED) is 0.566. The predicted molar refractivity (Wildman–Crippen MR) is 122 cm³/mol. The van der Waals surface area contributed by atoms with E-state index in [0.717, 1.165) is 24.5 Å². The molecule has 1 aliphatic rings. The second-order valence-electron chi connectivity index (χ2n) is 8.42. The lowest BCUT2D eigenvalue weighted by Crippen LogP contribution is -2.50. The van der Waals surface area contributed by atoms with E-state index in [1.807, 2.05) is 45.0 Å². The fourth-order valence-corrected chi connectivity index (χ4v) is 3.33. The van der Waals surface area contributed by atoms with Gasteiger partial charge in [0.25, 0.3) is 0 Å². The third-order valence-electron chi connectivity index (χ3n) is 4.89. The van der Waals surface area contributed by atoms with Gasteiger partial charge in [-0.1, -0.05) is 6.07 Å². The van der Waals surface area contributed by atoms with Gasteiger partial charge in [-0.2, -0.15) is 0 Å². The molecular formula is C23H30N4O4. The summed E-state index contributed by atoms with van der Waals surface area (Å²) < 4.78 is 10.2. The molecule has 8 heteroatoms. The van der Waals surface area contributed by atoms with Gasteiger partial charge in [-0.25, -0.2) is 9.59 Å². The second kappa shape index (κ2) is 9.16. The van der Waals surface area contributed by atoms with E-state index in [0.29, 0.717) is 30.0 Å². The van der Waals surface area contributed by atoms with Crippen LogP contribution in [0.25, 0.3) is 0 Å². The number of nitrogen functional groups attached to an aromatic ring is 1. The van der Waals surface area contributed by atoms with Crippen molar-refractivity contribution in [3.63, 3.8) is 0 Å². The maximum atomic E-state index is 12.3. The zero-order valence-electron chi connectivity index (χ0n) is 18.5. The number of ether oxygens (including phenoxy) is 2. The summed E-state index contributed by atoms with van der Waals surface area (Å²) in [7, 11) is 1.34. The summed E-state index contributed by atoms with van der Waals surface area (Å²) in [6.07, 6.45) is -0.270. The number of nitrogens with zero attached hydrogens (tertiary/aromatic N) is 2. The van der Waals surface area contributed by atoms with Crippen LogP contribution in [-0.2, 0) is 9.47 Å². The lowest BCUT2D eigenvalue weighted by atomic mass is 10.1. The van der Waals surface area contributed by atoms with E-state index in [-0.39, 0.29) is 6.09 Å². The van der Waals surface area contributed by atoms with Crippen LogP contribution in [0, 0.1) is 0 Å². The molecule has 2 aromatic rings. The third-order valence-corrected chi connectivity index (χ3v) is 4.89. The first-order valence-corrected chi connectivity index (χ1v) is 10.2. The number of methoxy groups -OCH3 is 1. The Morgan fingerprint density at radius 3 is 2.35 bits per heavy atom. The number of amides is 1. The average Bonchev–Trinajstić information content (AvgIpc) is 2.73. The van der Waals surface area contributed by atoms with Crippen molar-refractivity contribution < 1.29 is 19.1 Å². The topological polar surface area (TPSA) is 97.1 Å². The van der Waals surface area contributed by atoms with Gasteiger partial charge in [0, 0.05) is 37.6 Å². The highest BCUT2D eigenvalue weighted by Crippen LogP contribution is 2.27.